The highest BCUT2D eigenvalue weighted by molar-refractivity contribution is 4.87. The molecule has 0 aromatic rings. The Morgan fingerprint density at radius 3 is 2.11 bits per heavy atom. The quantitative estimate of drug-likeness (QED) is 0.829. The molecule has 0 unspecified atom stereocenters. The van der Waals surface area contributed by atoms with Crippen LogP contribution in [-0.4, -0.2) is 59.8 Å². The minimum absolute atomic E-state index is 0.377. The topological polar surface area (TPSA) is 26.7 Å². The molecule has 112 valence electrons. The fourth-order valence-electron chi connectivity index (χ4n) is 3.40. The molecule has 0 radical (unpaired) electrons. The average Bonchev–Trinajstić information content (AvgIpc) is 2.38. The minimum Gasteiger partial charge on any atom is -0.389 e. The third-order valence-electron chi connectivity index (χ3n) is 4.79. The van der Waals surface area contributed by atoms with Crippen molar-refractivity contribution in [3.05, 3.63) is 0 Å². The van der Waals surface area contributed by atoms with Gasteiger partial charge in [0.25, 0.3) is 0 Å². The van der Waals surface area contributed by atoms with Crippen LogP contribution in [0.2, 0.25) is 0 Å². The van der Waals surface area contributed by atoms with Gasteiger partial charge in [-0.05, 0) is 31.7 Å². The van der Waals surface area contributed by atoms with Gasteiger partial charge in [0.1, 0.15) is 0 Å². The Kier molecular flexibility index (Phi) is 5.67. The summed E-state index contributed by atoms with van der Waals surface area (Å²) in [6.45, 7) is 11.4. The van der Waals surface area contributed by atoms with E-state index in [1.54, 1.807) is 0 Å². The van der Waals surface area contributed by atoms with Crippen LogP contribution in [0.5, 0.6) is 0 Å². The second kappa shape index (κ2) is 7.05. The molecule has 2 rings (SSSR count). The second-order valence-electron chi connectivity index (χ2n) is 7.09. The lowest BCUT2D eigenvalue weighted by atomic mass is 9.84. The minimum atomic E-state index is -0.377. The van der Waals surface area contributed by atoms with Crippen molar-refractivity contribution in [2.45, 2.75) is 58.0 Å². The highest BCUT2D eigenvalue weighted by Crippen LogP contribution is 2.29. The predicted molar refractivity (Wildman–Crippen MR) is 80.4 cm³/mol. The standard InChI is InChI=1S/C16H32N2O/c1-15(2)6-9-17-10-12-18(13-11-17)14-16(19)7-4-3-5-8-16/h15,19H,3-14H2,1-2H3. The first kappa shape index (κ1) is 15.3. The molecule has 0 atom stereocenters. The van der Waals surface area contributed by atoms with Crippen LogP contribution in [0.1, 0.15) is 52.4 Å². The van der Waals surface area contributed by atoms with Gasteiger partial charge in [0.2, 0.25) is 0 Å². The summed E-state index contributed by atoms with van der Waals surface area (Å²) in [4.78, 5) is 5.07. The van der Waals surface area contributed by atoms with Gasteiger partial charge in [-0.1, -0.05) is 33.1 Å². The Morgan fingerprint density at radius 2 is 1.53 bits per heavy atom. The molecular formula is C16H32N2O. The van der Waals surface area contributed by atoms with Crippen LogP contribution in [0, 0.1) is 5.92 Å². The summed E-state index contributed by atoms with van der Waals surface area (Å²) in [7, 11) is 0. The van der Waals surface area contributed by atoms with Crippen molar-refractivity contribution >= 4 is 0 Å². The summed E-state index contributed by atoms with van der Waals surface area (Å²) in [6.07, 6.45) is 7.08. The van der Waals surface area contributed by atoms with Crippen LogP contribution in [0.25, 0.3) is 0 Å². The third-order valence-corrected chi connectivity index (χ3v) is 4.79. The van der Waals surface area contributed by atoms with E-state index >= 15 is 0 Å². The highest BCUT2D eigenvalue weighted by Gasteiger charge is 2.32. The molecule has 1 saturated heterocycles. The van der Waals surface area contributed by atoms with E-state index in [1.807, 2.05) is 0 Å². The van der Waals surface area contributed by atoms with Crippen LogP contribution < -0.4 is 0 Å². The molecule has 1 aliphatic heterocycles. The maximum Gasteiger partial charge on any atom is 0.0774 e. The fourth-order valence-corrected chi connectivity index (χ4v) is 3.40. The molecule has 1 N–H and O–H groups in total. The van der Waals surface area contributed by atoms with Gasteiger partial charge in [-0.25, -0.2) is 0 Å². The van der Waals surface area contributed by atoms with E-state index in [2.05, 4.69) is 23.6 Å². The molecule has 3 nitrogen and oxygen atoms in total. The largest absolute Gasteiger partial charge is 0.389 e. The van der Waals surface area contributed by atoms with Gasteiger partial charge >= 0.3 is 0 Å². The van der Waals surface area contributed by atoms with Crippen molar-refractivity contribution in [3.8, 4) is 0 Å². The van der Waals surface area contributed by atoms with Gasteiger partial charge in [-0.2, -0.15) is 0 Å². The van der Waals surface area contributed by atoms with Crippen LogP contribution >= 0.6 is 0 Å². The molecular weight excluding hydrogens is 236 g/mol. The number of nitrogens with zero attached hydrogens (tertiary/aromatic N) is 2. The Morgan fingerprint density at radius 1 is 0.947 bits per heavy atom. The number of aliphatic hydroxyl groups is 1. The molecule has 1 heterocycles. The first-order valence-corrected chi connectivity index (χ1v) is 8.24. The van der Waals surface area contributed by atoms with Crippen molar-refractivity contribution in [2.24, 2.45) is 5.92 Å². The summed E-state index contributed by atoms with van der Waals surface area (Å²) < 4.78 is 0. The molecule has 0 spiro atoms. The number of hydrogen-bond donors (Lipinski definition) is 1. The van der Waals surface area contributed by atoms with Crippen molar-refractivity contribution < 1.29 is 5.11 Å². The van der Waals surface area contributed by atoms with E-state index in [0.717, 1.165) is 38.4 Å². The van der Waals surface area contributed by atoms with E-state index in [-0.39, 0.29) is 5.60 Å². The molecule has 0 aromatic carbocycles. The van der Waals surface area contributed by atoms with Crippen LogP contribution in [0.15, 0.2) is 0 Å². The number of piperazine rings is 1. The Labute approximate surface area is 119 Å². The predicted octanol–water partition coefficient (Wildman–Crippen LogP) is 2.35. The SMILES string of the molecule is CC(C)CCN1CCN(CC2(O)CCCCC2)CC1. The van der Waals surface area contributed by atoms with E-state index in [4.69, 9.17) is 0 Å². The molecule has 0 bridgehead atoms. The summed E-state index contributed by atoms with van der Waals surface area (Å²) in [6, 6.07) is 0. The second-order valence-corrected chi connectivity index (χ2v) is 7.09. The fraction of sp³-hybridized carbons (Fsp3) is 1.00. The lowest BCUT2D eigenvalue weighted by molar-refractivity contribution is -0.0356. The normalized spacial score (nSPS) is 25.9. The lowest BCUT2D eigenvalue weighted by Gasteiger charge is -2.41. The zero-order valence-electron chi connectivity index (χ0n) is 12.9. The van der Waals surface area contributed by atoms with Crippen LogP contribution in [-0.2, 0) is 0 Å². The zero-order chi connectivity index (χ0) is 13.7. The molecule has 3 heteroatoms. The van der Waals surface area contributed by atoms with Gasteiger partial charge in [0.15, 0.2) is 0 Å². The number of β-amino-alcohol motifs (C(OH)–C–C–N with tert-alkyl or cyclic N) is 1. The zero-order valence-corrected chi connectivity index (χ0v) is 12.9. The van der Waals surface area contributed by atoms with E-state index in [9.17, 15) is 5.11 Å². The molecule has 19 heavy (non-hydrogen) atoms. The molecule has 2 fully saturated rings. The molecule has 1 saturated carbocycles. The van der Waals surface area contributed by atoms with E-state index < -0.39 is 0 Å². The van der Waals surface area contributed by atoms with Crippen LogP contribution in [0.3, 0.4) is 0 Å². The first-order chi connectivity index (χ1) is 9.07. The molecule has 1 aliphatic carbocycles. The van der Waals surface area contributed by atoms with E-state index in [1.165, 1.54) is 45.3 Å². The Balaban J connectivity index is 1.68. The van der Waals surface area contributed by atoms with Gasteiger partial charge in [0.05, 0.1) is 5.60 Å². The molecule has 0 amide bonds. The van der Waals surface area contributed by atoms with E-state index in [0.29, 0.717) is 0 Å². The lowest BCUT2D eigenvalue weighted by Crippen LogP contribution is -2.52. The summed E-state index contributed by atoms with van der Waals surface area (Å²) in [5.74, 6) is 0.806. The highest BCUT2D eigenvalue weighted by atomic mass is 16.3. The van der Waals surface area contributed by atoms with Gasteiger partial charge < -0.3 is 10.0 Å². The molecule has 2 aliphatic rings. The monoisotopic (exact) mass is 268 g/mol. The third kappa shape index (κ3) is 5.05. The molecule has 0 aromatic heterocycles. The summed E-state index contributed by atoms with van der Waals surface area (Å²) in [5, 5.41) is 10.6. The number of hydrogen-bond acceptors (Lipinski definition) is 3. The maximum atomic E-state index is 10.6. The Bertz CT molecular complexity index is 253. The smallest absolute Gasteiger partial charge is 0.0774 e. The summed E-state index contributed by atoms with van der Waals surface area (Å²) in [5.41, 5.74) is -0.377. The van der Waals surface area contributed by atoms with Crippen molar-refractivity contribution in [1.29, 1.82) is 0 Å². The van der Waals surface area contributed by atoms with Gasteiger partial charge in [-0.3, -0.25) is 4.90 Å². The number of rotatable bonds is 5. The van der Waals surface area contributed by atoms with Gasteiger partial charge in [0, 0.05) is 32.7 Å². The Hall–Kier alpha value is -0.120. The van der Waals surface area contributed by atoms with Crippen LogP contribution in [0.4, 0.5) is 0 Å². The summed E-state index contributed by atoms with van der Waals surface area (Å²) >= 11 is 0. The van der Waals surface area contributed by atoms with Crippen molar-refractivity contribution in [1.82, 2.24) is 9.80 Å². The first-order valence-electron chi connectivity index (χ1n) is 8.24. The van der Waals surface area contributed by atoms with Crippen molar-refractivity contribution in [2.75, 3.05) is 39.3 Å². The van der Waals surface area contributed by atoms with Crippen molar-refractivity contribution in [3.63, 3.8) is 0 Å². The average molecular weight is 268 g/mol. The van der Waals surface area contributed by atoms with Gasteiger partial charge in [-0.15, -0.1) is 0 Å². The maximum absolute atomic E-state index is 10.6.